The fourth-order valence-corrected chi connectivity index (χ4v) is 1.63. The topological polar surface area (TPSA) is 55.1 Å². The highest BCUT2D eigenvalue weighted by Gasteiger charge is 2.31. The minimum atomic E-state index is -0.805. The van der Waals surface area contributed by atoms with Crippen LogP contribution in [0.15, 0.2) is 30.3 Å². The lowest BCUT2D eigenvalue weighted by Gasteiger charge is -2.24. The van der Waals surface area contributed by atoms with Gasteiger partial charge in [0.1, 0.15) is 0 Å². The number of benzene rings is 1. The molecule has 1 rings (SSSR count). The molecule has 0 radical (unpaired) electrons. The summed E-state index contributed by atoms with van der Waals surface area (Å²) in [5, 5.41) is 2.94. The fraction of sp³-hybridized carbons (Fsp3) is 0.429. The molecule has 0 spiro atoms. The molecule has 0 saturated heterocycles. The second-order valence-electron chi connectivity index (χ2n) is 5.05. The van der Waals surface area contributed by atoms with Crippen LogP contribution in [-0.4, -0.2) is 16.9 Å². The SMILES string of the molecule is CC(Cc1ccccc1)NC(=O)C(C)(C)C(N)=S. The van der Waals surface area contributed by atoms with Gasteiger partial charge in [-0.25, -0.2) is 0 Å². The Morgan fingerprint density at radius 3 is 2.44 bits per heavy atom. The second-order valence-corrected chi connectivity index (χ2v) is 5.49. The van der Waals surface area contributed by atoms with Crippen molar-refractivity contribution in [2.45, 2.75) is 33.2 Å². The van der Waals surface area contributed by atoms with Gasteiger partial charge in [0, 0.05) is 6.04 Å². The summed E-state index contributed by atoms with van der Waals surface area (Å²) in [6.45, 7) is 5.44. The molecule has 0 aromatic heterocycles. The number of nitrogens with two attached hydrogens (primary N) is 1. The van der Waals surface area contributed by atoms with Gasteiger partial charge in [-0.1, -0.05) is 42.5 Å². The van der Waals surface area contributed by atoms with Crippen molar-refractivity contribution < 1.29 is 4.79 Å². The Morgan fingerprint density at radius 1 is 1.39 bits per heavy atom. The van der Waals surface area contributed by atoms with Gasteiger partial charge in [0.15, 0.2) is 0 Å². The van der Waals surface area contributed by atoms with Gasteiger partial charge in [0.2, 0.25) is 5.91 Å². The average molecular weight is 264 g/mol. The van der Waals surface area contributed by atoms with E-state index in [0.717, 1.165) is 6.42 Å². The van der Waals surface area contributed by atoms with E-state index in [1.165, 1.54) is 5.56 Å². The molecule has 4 heteroatoms. The smallest absolute Gasteiger partial charge is 0.232 e. The Bertz CT molecular complexity index is 429. The van der Waals surface area contributed by atoms with Crippen LogP contribution in [0.3, 0.4) is 0 Å². The molecular formula is C14H20N2OS. The van der Waals surface area contributed by atoms with Crippen LogP contribution < -0.4 is 11.1 Å². The maximum absolute atomic E-state index is 12.0. The zero-order valence-corrected chi connectivity index (χ0v) is 11.9. The van der Waals surface area contributed by atoms with Crippen molar-refractivity contribution in [1.29, 1.82) is 0 Å². The first-order chi connectivity index (χ1) is 8.34. The van der Waals surface area contributed by atoms with Crippen molar-refractivity contribution in [3.05, 3.63) is 35.9 Å². The van der Waals surface area contributed by atoms with Gasteiger partial charge in [0.05, 0.1) is 10.4 Å². The van der Waals surface area contributed by atoms with Crippen LogP contribution in [0.1, 0.15) is 26.3 Å². The monoisotopic (exact) mass is 264 g/mol. The van der Waals surface area contributed by atoms with Gasteiger partial charge in [0.25, 0.3) is 0 Å². The molecule has 0 aliphatic carbocycles. The summed E-state index contributed by atoms with van der Waals surface area (Å²) in [4.78, 5) is 12.2. The number of hydrogen-bond donors (Lipinski definition) is 2. The Balaban J connectivity index is 2.58. The van der Waals surface area contributed by atoms with Gasteiger partial charge in [-0.3, -0.25) is 4.79 Å². The Kier molecular flexibility index (Phi) is 4.84. The second kappa shape index (κ2) is 5.96. The van der Waals surface area contributed by atoms with Crippen LogP contribution in [0.4, 0.5) is 0 Å². The third-order valence-corrected chi connectivity index (χ3v) is 3.46. The van der Waals surface area contributed by atoms with Gasteiger partial charge in [-0.2, -0.15) is 0 Å². The van der Waals surface area contributed by atoms with E-state index in [9.17, 15) is 4.79 Å². The molecule has 0 aliphatic rings. The van der Waals surface area contributed by atoms with E-state index in [0.29, 0.717) is 0 Å². The first kappa shape index (κ1) is 14.6. The van der Waals surface area contributed by atoms with Crippen molar-refractivity contribution in [3.8, 4) is 0 Å². The molecule has 3 nitrogen and oxygen atoms in total. The maximum atomic E-state index is 12.0. The third kappa shape index (κ3) is 3.81. The molecule has 0 aliphatic heterocycles. The van der Waals surface area contributed by atoms with Crippen LogP contribution in [0.2, 0.25) is 0 Å². The summed E-state index contributed by atoms with van der Waals surface area (Å²) in [6, 6.07) is 10.1. The standard InChI is InChI=1S/C14H20N2OS/c1-10(9-11-7-5-4-6-8-11)16-13(17)14(2,3)12(15)18/h4-8,10H,9H2,1-3H3,(H2,15,18)(H,16,17). The molecular weight excluding hydrogens is 244 g/mol. The Hall–Kier alpha value is -1.42. The lowest BCUT2D eigenvalue weighted by atomic mass is 9.92. The first-order valence-corrected chi connectivity index (χ1v) is 6.39. The predicted octanol–water partition coefficient (Wildman–Crippen LogP) is 2.05. The van der Waals surface area contributed by atoms with Crippen LogP contribution in [-0.2, 0) is 11.2 Å². The van der Waals surface area contributed by atoms with Crippen molar-refractivity contribution in [2.24, 2.45) is 11.1 Å². The summed E-state index contributed by atoms with van der Waals surface area (Å²) < 4.78 is 0. The lowest BCUT2D eigenvalue weighted by Crippen LogP contribution is -2.48. The summed E-state index contributed by atoms with van der Waals surface area (Å²) in [6.07, 6.45) is 0.792. The number of amides is 1. The molecule has 1 atom stereocenters. The van der Waals surface area contributed by atoms with Crippen molar-refractivity contribution >= 4 is 23.1 Å². The molecule has 1 aromatic rings. The largest absolute Gasteiger partial charge is 0.392 e. The minimum absolute atomic E-state index is 0.0496. The van der Waals surface area contributed by atoms with Crippen molar-refractivity contribution in [2.75, 3.05) is 0 Å². The summed E-state index contributed by atoms with van der Waals surface area (Å²) in [5.74, 6) is -0.126. The van der Waals surface area contributed by atoms with Gasteiger partial charge >= 0.3 is 0 Å². The fourth-order valence-electron chi connectivity index (χ4n) is 1.53. The Labute approximate surface area is 114 Å². The van der Waals surface area contributed by atoms with E-state index in [2.05, 4.69) is 5.32 Å². The van der Waals surface area contributed by atoms with E-state index in [4.69, 9.17) is 18.0 Å². The van der Waals surface area contributed by atoms with Crippen LogP contribution in [0.25, 0.3) is 0 Å². The molecule has 0 heterocycles. The summed E-state index contributed by atoms with van der Waals surface area (Å²) >= 11 is 4.91. The zero-order valence-electron chi connectivity index (χ0n) is 11.1. The minimum Gasteiger partial charge on any atom is -0.392 e. The molecule has 0 fully saturated rings. The normalized spacial score (nSPS) is 12.8. The highest BCUT2D eigenvalue weighted by molar-refractivity contribution is 7.80. The van der Waals surface area contributed by atoms with E-state index >= 15 is 0 Å². The molecule has 98 valence electrons. The van der Waals surface area contributed by atoms with E-state index < -0.39 is 5.41 Å². The molecule has 18 heavy (non-hydrogen) atoms. The Morgan fingerprint density at radius 2 is 1.94 bits per heavy atom. The lowest BCUT2D eigenvalue weighted by molar-refractivity contribution is -0.126. The highest BCUT2D eigenvalue weighted by Crippen LogP contribution is 2.16. The number of rotatable bonds is 5. The number of nitrogens with one attached hydrogen (secondary N) is 1. The van der Waals surface area contributed by atoms with Crippen molar-refractivity contribution in [3.63, 3.8) is 0 Å². The van der Waals surface area contributed by atoms with Gasteiger partial charge in [-0.15, -0.1) is 0 Å². The molecule has 1 amide bonds. The van der Waals surface area contributed by atoms with E-state index in [1.54, 1.807) is 13.8 Å². The summed E-state index contributed by atoms with van der Waals surface area (Å²) in [5.41, 5.74) is 5.96. The van der Waals surface area contributed by atoms with Crippen LogP contribution in [0.5, 0.6) is 0 Å². The van der Waals surface area contributed by atoms with Crippen LogP contribution in [0, 0.1) is 5.41 Å². The maximum Gasteiger partial charge on any atom is 0.232 e. The quantitative estimate of drug-likeness (QED) is 0.800. The molecule has 1 aromatic carbocycles. The van der Waals surface area contributed by atoms with Crippen LogP contribution >= 0.6 is 12.2 Å². The first-order valence-electron chi connectivity index (χ1n) is 5.99. The van der Waals surface area contributed by atoms with Crippen molar-refractivity contribution in [1.82, 2.24) is 5.32 Å². The number of hydrogen-bond acceptors (Lipinski definition) is 2. The van der Waals surface area contributed by atoms with E-state index in [1.807, 2.05) is 37.3 Å². The van der Waals surface area contributed by atoms with Gasteiger partial charge in [-0.05, 0) is 32.8 Å². The predicted molar refractivity (Wildman–Crippen MR) is 78.3 cm³/mol. The number of thiocarbonyl (C=S) groups is 1. The van der Waals surface area contributed by atoms with Gasteiger partial charge < -0.3 is 11.1 Å². The molecule has 1 unspecified atom stereocenters. The number of carbonyl (C=O) groups excluding carboxylic acids is 1. The average Bonchev–Trinajstić information content (AvgIpc) is 2.29. The molecule has 3 N–H and O–H groups in total. The number of carbonyl (C=O) groups is 1. The molecule has 0 saturated carbocycles. The zero-order chi connectivity index (χ0) is 13.8. The van der Waals surface area contributed by atoms with E-state index in [-0.39, 0.29) is 16.9 Å². The highest BCUT2D eigenvalue weighted by atomic mass is 32.1. The summed E-state index contributed by atoms with van der Waals surface area (Å²) in [7, 11) is 0. The molecule has 0 bridgehead atoms. The third-order valence-electron chi connectivity index (χ3n) is 2.95.